The summed E-state index contributed by atoms with van der Waals surface area (Å²) in [5, 5.41) is 10.1. The summed E-state index contributed by atoms with van der Waals surface area (Å²) in [6, 6.07) is 14.5. The van der Waals surface area contributed by atoms with Gasteiger partial charge >= 0.3 is 5.97 Å². The average molecular weight is 333 g/mol. The molecule has 0 saturated heterocycles. The monoisotopic (exact) mass is 333 g/mol. The van der Waals surface area contributed by atoms with Crippen molar-refractivity contribution in [2.75, 3.05) is 13.2 Å². The van der Waals surface area contributed by atoms with E-state index in [0.717, 1.165) is 11.3 Å². The molecule has 2 aromatic carbocycles. The van der Waals surface area contributed by atoms with Crippen LogP contribution in [0.25, 0.3) is 23.1 Å². The summed E-state index contributed by atoms with van der Waals surface area (Å²) in [6.07, 6.45) is 3.67. The summed E-state index contributed by atoms with van der Waals surface area (Å²) >= 11 is 0. The fourth-order valence-corrected chi connectivity index (χ4v) is 2.80. The number of aromatic nitrogens is 1. The third-order valence-corrected chi connectivity index (χ3v) is 3.98. The summed E-state index contributed by atoms with van der Waals surface area (Å²) in [6.45, 7) is 1.09. The van der Waals surface area contributed by atoms with E-state index in [1.165, 1.54) is 0 Å². The largest absolute Gasteiger partial charge is 0.486 e. The Kier molecular flexibility index (Phi) is 3.82. The van der Waals surface area contributed by atoms with Crippen molar-refractivity contribution in [2.45, 2.75) is 0 Å². The topological polar surface area (TPSA) is 68.7 Å². The molecule has 124 valence electrons. The zero-order valence-corrected chi connectivity index (χ0v) is 13.3. The first-order chi connectivity index (χ1) is 12.2. The number of fused-ring (bicyclic) bond motifs is 2. The van der Waals surface area contributed by atoms with Crippen molar-refractivity contribution >= 4 is 29.0 Å². The van der Waals surface area contributed by atoms with E-state index in [0.29, 0.717) is 35.6 Å². The van der Waals surface area contributed by atoms with Gasteiger partial charge in [0.1, 0.15) is 13.2 Å². The number of pyridine rings is 1. The number of rotatable bonds is 3. The van der Waals surface area contributed by atoms with Gasteiger partial charge in [0.15, 0.2) is 11.5 Å². The SMILES string of the molecule is O=C(O)c1cc(/C=C/c2ccc3c(c2)OCCO3)nc2ccccc12. The van der Waals surface area contributed by atoms with Gasteiger partial charge in [0.05, 0.1) is 16.8 Å². The molecule has 1 aliphatic heterocycles. The first-order valence-electron chi connectivity index (χ1n) is 7.91. The Hall–Kier alpha value is -3.34. The van der Waals surface area contributed by atoms with Crippen molar-refractivity contribution in [3.8, 4) is 11.5 Å². The van der Waals surface area contributed by atoms with E-state index in [9.17, 15) is 9.90 Å². The maximum absolute atomic E-state index is 11.5. The van der Waals surface area contributed by atoms with Crippen LogP contribution >= 0.6 is 0 Å². The van der Waals surface area contributed by atoms with Crippen LogP contribution in [0.15, 0.2) is 48.5 Å². The number of carboxylic acids is 1. The molecule has 0 amide bonds. The minimum absolute atomic E-state index is 0.243. The summed E-state index contributed by atoms with van der Waals surface area (Å²) < 4.78 is 11.1. The molecule has 0 spiro atoms. The Morgan fingerprint density at radius 2 is 1.80 bits per heavy atom. The van der Waals surface area contributed by atoms with Crippen LogP contribution < -0.4 is 9.47 Å². The Morgan fingerprint density at radius 3 is 2.64 bits per heavy atom. The van der Waals surface area contributed by atoms with Crippen molar-refractivity contribution in [3.63, 3.8) is 0 Å². The molecule has 1 aromatic heterocycles. The molecule has 0 radical (unpaired) electrons. The molecule has 0 bridgehead atoms. The van der Waals surface area contributed by atoms with Crippen LogP contribution in [0.1, 0.15) is 21.6 Å². The summed E-state index contributed by atoms with van der Waals surface area (Å²) in [5.74, 6) is 0.485. The predicted molar refractivity (Wildman–Crippen MR) is 95.1 cm³/mol. The molecule has 3 aromatic rings. The molecule has 5 heteroatoms. The first kappa shape index (κ1) is 15.2. The highest BCUT2D eigenvalue weighted by molar-refractivity contribution is 6.03. The van der Waals surface area contributed by atoms with Crippen LogP contribution in [-0.4, -0.2) is 29.3 Å². The smallest absolute Gasteiger partial charge is 0.336 e. The molecule has 1 aliphatic rings. The van der Waals surface area contributed by atoms with Crippen LogP contribution in [0.4, 0.5) is 0 Å². The van der Waals surface area contributed by atoms with E-state index in [1.807, 2.05) is 36.4 Å². The van der Waals surface area contributed by atoms with Crippen molar-refractivity contribution in [1.82, 2.24) is 4.98 Å². The number of hydrogen-bond acceptors (Lipinski definition) is 4. The second-order valence-electron chi connectivity index (χ2n) is 5.65. The number of benzene rings is 2. The van der Waals surface area contributed by atoms with Gasteiger partial charge in [-0.25, -0.2) is 9.78 Å². The van der Waals surface area contributed by atoms with Gasteiger partial charge in [-0.3, -0.25) is 0 Å². The second-order valence-corrected chi connectivity index (χ2v) is 5.65. The van der Waals surface area contributed by atoms with Crippen LogP contribution in [0, 0.1) is 0 Å². The van der Waals surface area contributed by atoms with Crippen molar-refractivity contribution in [3.05, 3.63) is 65.4 Å². The van der Waals surface area contributed by atoms with Gasteiger partial charge in [0, 0.05) is 5.39 Å². The Balaban J connectivity index is 1.70. The lowest BCUT2D eigenvalue weighted by Gasteiger charge is -2.18. The third-order valence-electron chi connectivity index (χ3n) is 3.98. The predicted octanol–water partition coefficient (Wildman–Crippen LogP) is 3.87. The Bertz CT molecular complexity index is 994. The number of carbonyl (C=O) groups is 1. The maximum Gasteiger partial charge on any atom is 0.336 e. The first-order valence-corrected chi connectivity index (χ1v) is 7.91. The van der Waals surface area contributed by atoms with Gasteiger partial charge in [-0.2, -0.15) is 0 Å². The van der Waals surface area contributed by atoms with Crippen molar-refractivity contribution in [1.29, 1.82) is 0 Å². The van der Waals surface area contributed by atoms with E-state index >= 15 is 0 Å². The average Bonchev–Trinajstić information content (AvgIpc) is 2.65. The van der Waals surface area contributed by atoms with Gasteiger partial charge in [0.2, 0.25) is 0 Å². The van der Waals surface area contributed by atoms with E-state index in [2.05, 4.69) is 4.98 Å². The molecule has 0 unspecified atom stereocenters. The van der Waals surface area contributed by atoms with Crippen molar-refractivity contribution in [2.24, 2.45) is 0 Å². The van der Waals surface area contributed by atoms with E-state index in [4.69, 9.17) is 9.47 Å². The third kappa shape index (κ3) is 3.04. The molecule has 0 fully saturated rings. The van der Waals surface area contributed by atoms with Crippen LogP contribution in [0.5, 0.6) is 11.5 Å². The quantitative estimate of drug-likeness (QED) is 0.788. The lowest BCUT2D eigenvalue weighted by molar-refractivity contribution is 0.0699. The molecular weight excluding hydrogens is 318 g/mol. The molecule has 2 heterocycles. The van der Waals surface area contributed by atoms with Gasteiger partial charge in [-0.1, -0.05) is 30.3 Å². The fraction of sp³-hybridized carbons (Fsp3) is 0.100. The molecule has 1 N–H and O–H groups in total. The summed E-state index contributed by atoms with van der Waals surface area (Å²) in [5.41, 5.74) is 2.42. The molecule has 5 nitrogen and oxygen atoms in total. The molecule has 25 heavy (non-hydrogen) atoms. The number of aromatic carboxylic acids is 1. The number of hydrogen-bond donors (Lipinski definition) is 1. The van der Waals surface area contributed by atoms with Crippen molar-refractivity contribution < 1.29 is 19.4 Å². The normalized spacial score (nSPS) is 13.3. The van der Waals surface area contributed by atoms with E-state index < -0.39 is 5.97 Å². The second kappa shape index (κ2) is 6.28. The molecular formula is C20H15NO4. The van der Waals surface area contributed by atoms with Gasteiger partial charge < -0.3 is 14.6 Å². The maximum atomic E-state index is 11.5. The van der Waals surface area contributed by atoms with Gasteiger partial charge in [-0.15, -0.1) is 0 Å². The summed E-state index contributed by atoms with van der Waals surface area (Å²) in [4.78, 5) is 16.0. The lowest BCUT2D eigenvalue weighted by atomic mass is 10.1. The Labute approximate surface area is 144 Å². The fourth-order valence-electron chi connectivity index (χ4n) is 2.80. The molecule has 4 rings (SSSR count). The standard InChI is InChI=1S/C20H15NO4/c22-20(23)16-12-14(21-17-4-2-1-3-15(16)17)7-5-13-6-8-18-19(11-13)25-10-9-24-18/h1-8,11-12H,9-10H2,(H,22,23)/b7-5+. The highest BCUT2D eigenvalue weighted by atomic mass is 16.6. The lowest BCUT2D eigenvalue weighted by Crippen LogP contribution is -2.15. The molecule has 0 saturated carbocycles. The number of ether oxygens (including phenoxy) is 2. The number of carboxylic acid groups (broad SMARTS) is 1. The van der Waals surface area contributed by atoms with Crippen LogP contribution in [0.2, 0.25) is 0 Å². The highest BCUT2D eigenvalue weighted by Crippen LogP contribution is 2.31. The van der Waals surface area contributed by atoms with E-state index in [-0.39, 0.29) is 5.56 Å². The van der Waals surface area contributed by atoms with Crippen LogP contribution in [-0.2, 0) is 0 Å². The number of nitrogens with zero attached hydrogens (tertiary/aromatic N) is 1. The Morgan fingerprint density at radius 1 is 1.00 bits per heavy atom. The zero-order chi connectivity index (χ0) is 17.2. The highest BCUT2D eigenvalue weighted by Gasteiger charge is 2.12. The minimum atomic E-state index is -0.965. The van der Waals surface area contributed by atoms with E-state index in [1.54, 1.807) is 24.3 Å². The van der Waals surface area contributed by atoms with Gasteiger partial charge in [-0.05, 0) is 35.9 Å². The zero-order valence-electron chi connectivity index (χ0n) is 13.3. The molecule has 0 atom stereocenters. The molecule has 0 aliphatic carbocycles. The number of para-hydroxylation sites is 1. The summed E-state index contributed by atoms with van der Waals surface area (Å²) in [7, 11) is 0. The van der Waals surface area contributed by atoms with Crippen LogP contribution in [0.3, 0.4) is 0 Å². The minimum Gasteiger partial charge on any atom is -0.486 e. The van der Waals surface area contributed by atoms with Gasteiger partial charge in [0.25, 0.3) is 0 Å².